The molecule has 3 aromatic carbocycles. The topological polar surface area (TPSA) is 45.6 Å². The first kappa shape index (κ1) is 26.6. The quantitative estimate of drug-likeness (QED) is 0.265. The number of anilines is 1. The number of benzene rings is 3. The summed E-state index contributed by atoms with van der Waals surface area (Å²) in [6, 6.07) is 21.8. The van der Waals surface area contributed by atoms with Gasteiger partial charge in [0.1, 0.15) is 12.6 Å². The molecular formula is C30H25ClF3N3O2. The van der Waals surface area contributed by atoms with Crippen LogP contribution in [0.25, 0.3) is 5.69 Å². The minimum atomic E-state index is -4.51. The molecule has 2 heterocycles. The summed E-state index contributed by atoms with van der Waals surface area (Å²) in [6.45, 7) is 3.25. The number of amides is 2. The van der Waals surface area contributed by atoms with Crippen LogP contribution in [0.3, 0.4) is 0 Å². The van der Waals surface area contributed by atoms with E-state index in [1.165, 1.54) is 4.90 Å². The second-order valence-corrected chi connectivity index (χ2v) is 10.1. The Morgan fingerprint density at radius 3 is 2.26 bits per heavy atom. The third kappa shape index (κ3) is 5.04. The molecule has 0 saturated heterocycles. The Hall–Kier alpha value is -4.04. The number of para-hydroxylation sites is 2. The summed E-state index contributed by atoms with van der Waals surface area (Å²) in [4.78, 5) is 30.6. The lowest BCUT2D eigenvalue weighted by molar-refractivity contribution is -0.137. The molecule has 0 fully saturated rings. The van der Waals surface area contributed by atoms with Crippen molar-refractivity contribution in [2.24, 2.45) is 0 Å². The van der Waals surface area contributed by atoms with Crippen LogP contribution in [0, 0.1) is 0 Å². The second-order valence-electron chi connectivity index (χ2n) is 9.61. The molecule has 5 rings (SSSR count). The predicted molar refractivity (Wildman–Crippen MR) is 144 cm³/mol. The summed E-state index contributed by atoms with van der Waals surface area (Å²) >= 11 is 6.33. The molecule has 200 valence electrons. The first-order valence-corrected chi connectivity index (χ1v) is 12.8. The van der Waals surface area contributed by atoms with Crippen molar-refractivity contribution in [1.29, 1.82) is 0 Å². The molecule has 5 nitrogen and oxygen atoms in total. The van der Waals surface area contributed by atoms with Gasteiger partial charge in [-0.25, -0.2) is 0 Å². The highest BCUT2D eigenvalue weighted by atomic mass is 35.5. The maximum absolute atomic E-state index is 14.1. The van der Waals surface area contributed by atoms with Gasteiger partial charge in [-0.15, -0.1) is 0 Å². The van der Waals surface area contributed by atoms with E-state index in [-0.39, 0.29) is 18.0 Å². The number of halogens is 4. The van der Waals surface area contributed by atoms with Gasteiger partial charge in [0.2, 0.25) is 5.91 Å². The minimum Gasteiger partial charge on any atom is -0.327 e. The van der Waals surface area contributed by atoms with E-state index in [0.717, 1.165) is 41.2 Å². The van der Waals surface area contributed by atoms with Crippen LogP contribution < -0.4 is 4.90 Å². The van der Waals surface area contributed by atoms with Crippen molar-refractivity contribution < 1.29 is 22.8 Å². The van der Waals surface area contributed by atoms with Gasteiger partial charge in [0, 0.05) is 22.8 Å². The Balaban J connectivity index is 1.53. The van der Waals surface area contributed by atoms with Gasteiger partial charge < -0.3 is 9.47 Å². The molecule has 1 aliphatic heterocycles. The largest absolute Gasteiger partial charge is 0.416 e. The molecule has 9 heteroatoms. The smallest absolute Gasteiger partial charge is 0.327 e. The molecule has 0 radical (unpaired) electrons. The number of fused-ring (bicyclic) bond motifs is 3. The Morgan fingerprint density at radius 2 is 1.62 bits per heavy atom. The average Bonchev–Trinajstić information content (AvgIpc) is 3.40. The van der Waals surface area contributed by atoms with E-state index >= 15 is 0 Å². The van der Waals surface area contributed by atoms with Gasteiger partial charge in [0.05, 0.1) is 22.6 Å². The van der Waals surface area contributed by atoms with Crippen molar-refractivity contribution in [2.75, 3.05) is 11.4 Å². The van der Waals surface area contributed by atoms with E-state index in [9.17, 15) is 22.8 Å². The Labute approximate surface area is 229 Å². The van der Waals surface area contributed by atoms with Gasteiger partial charge in [0.15, 0.2) is 0 Å². The molecule has 1 aliphatic rings. The van der Waals surface area contributed by atoms with Crippen molar-refractivity contribution in [2.45, 2.75) is 32.1 Å². The Bertz CT molecular complexity index is 1530. The summed E-state index contributed by atoms with van der Waals surface area (Å²) in [5.41, 5.74) is 2.37. The number of hydrogen-bond donors (Lipinski definition) is 0. The van der Waals surface area contributed by atoms with Gasteiger partial charge in [-0.2, -0.15) is 13.2 Å². The van der Waals surface area contributed by atoms with Gasteiger partial charge >= 0.3 is 6.18 Å². The first-order valence-electron chi connectivity index (χ1n) is 12.4. The van der Waals surface area contributed by atoms with Crippen LogP contribution in [0.15, 0.2) is 91.1 Å². The van der Waals surface area contributed by atoms with E-state index in [4.69, 9.17) is 11.6 Å². The fraction of sp³-hybridized carbons (Fsp3) is 0.200. The van der Waals surface area contributed by atoms with E-state index in [0.29, 0.717) is 10.7 Å². The molecule has 39 heavy (non-hydrogen) atoms. The third-order valence-corrected chi connectivity index (χ3v) is 7.04. The van der Waals surface area contributed by atoms with Gasteiger partial charge in [-0.1, -0.05) is 35.9 Å². The van der Waals surface area contributed by atoms with E-state index in [1.54, 1.807) is 24.8 Å². The number of hydrogen-bond acceptors (Lipinski definition) is 2. The van der Waals surface area contributed by atoms with Crippen LogP contribution >= 0.6 is 11.6 Å². The number of nitrogens with zero attached hydrogens (tertiary/aromatic N) is 3. The van der Waals surface area contributed by atoms with Crippen molar-refractivity contribution in [1.82, 2.24) is 9.47 Å². The first-order chi connectivity index (χ1) is 18.6. The number of rotatable bonds is 5. The summed E-state index contributed by atoms with van der Waals surface area (Å²) in [6.07, 6.45) is -2.58. The van der Waals surface area contributed by atoms with Crippen LogP contribution in [0.4, 0.5) is 18.9 Å². The second kappa shape index (κ2) is 10.3. The molecule has 1 atom stereocenters. The molecule has 0 bridgehead atoms. The zero-order chi connectivity index (χ0) is 27.9. The lowest BCUT2D eigenvalue weighted by atomic mass is 9.97. The zero-order valence-corrected chi connectivity index (χ0v) is 21.9. The van der Waals surface area contributed by atoms with Gasteiger partial charge in [0.25, 0.3) is 5.91 Å². The fourth-order valence-corrected chi connectivity index (χ4v) is 5.13. The van der Waals surface area contributed by atoms with Gasteiger partial charge in [-0.05, 0) is 80.1 Å². The highest BCUT2D eigenvalue weighted by Gasteiger charge is 2.37. The molecule has 4 aromatic rings. The number of carbonyl (C=O) groups excluding carboxylic acids is 2. The molecular weight excluding hydrogens is 527 g/mol. The SMILES string of the molecule is CC(C)N(CC(=O)N1c2ccccc2-n2cccc2C1c1cccc(Cl)c1)C(=O)c1ccc(C(F)(F)F)cc1. The maximum Gasteiger partial charge on any atom is 0.416 e. The number of carbonyl (C=O) groups is 2. The minimum absolute atomic E-state index is 0.0730. The van der Waals surface area contributed by atoms with Crippen LogP contribution in [0.1, 0.15) is 47.1 Å². The third-order valence-electron chi connectivity index (χ3n) is 6.80. The van der Waals surface area contributed by atoms with E-state index in [1.807, 2.05) is 65.4 Å². The summed E-state index contributed by atoms with van der Waals surface area (Å²) < 4.78 is 41.1. The van der Waals surface area contributed by atoms with Crippen molar-refractivity contribution in [3.05, 3.63) is 119 Å². The van der Waals surface area contributed by atoms with E-state index in [2.05, 4.69) is 0 Å². The number of aromatic nitrogens is 1. The monoisotopic (exact) mass is 551 g/mol. The van der Waals surface area contributed by atoms with Crippen LogP contribution in [0.2, 0.25) is 5.02 Å². The van der Waals surface area contributed by atoms with Crippen molar-refractivity contribution in [3.63, 3.8) is 0 Å². The van der Waals surface area contributed by atoms with Gasteiger partial charge in [-0.3, -0.25) is 14.5 Å². The summed E-state index contributed by atoms with van der Waals surface area (Å²) in [7, 11) is 0. The Morgan fingerprint density at radius 1 is 0.923 bits per heavy atom. The molecule has 0 aliphatic carbocycles. The summed E-state index contributed by atoms with van der Waals surface area (Å²) in [5.74, 6) is -0.867. The average molecular weight is 552 g/mol. The molecule has 0 saturated carbocycles. The van der Waals surface area contributed by atoms with Crippen LogP contribution in [0.5, 0.6) is 0 Å². The van der Waals surface area contributed by atoms with Crippen LogP contribution in [-0.4, -0.2) is 33.9 Å². The molecule has 0 spiro atoms. The molecule has 0 N–H and O–H groups in total. The fourth-order valence-electron chi connectivity index (χ4n) is 4.93. The Kier molecular flexibility index (Phi) is 6.99. The highest BCUT2D eigenvalue weighted by Crippen LogP contribution is 2.42. The number of alkyl halides is 3. The predicted octanol–water partition coefficient (Wildman–Crippen LogP) is 7.14. The van der Waals surface area contributed by atoms with Crippen LogP contribution in [-0.2, 0) is 11.0 Å². The lowest BCUT2D eigenvalue weighted by Crippen LogP contribution is -2.48. The standard InChI is InChI=1S/C30H25ClF3N3O2/c1-19(2)36(29(39)20-12-14-22(15-13-20)30(32,33)34)18-27(38)37-25-10-4-3-9-24(25)35-16-6-11-26(35)28(37)21-7-5-8-23(31)17-21/h3-17,19,28H,18H2,1-2H3. The highest BCUT2D eigenvalue weighted by molar-refractivity contribution is 6.30. The molecule has 1 unspecified atom stereocenters. The van der Waals surface area contributed by atoms with Crippen molar-refractivity contribution in [3.8, 4) is 5.69 Å². The van der Waals surface area contributed by atoms with Crippen molar-refractivity contribution >= 4 is 29.1 Å². The lowest BCUT2D eigenvalue weighted by Gasteiger charge is -2.40. The maximum atomic E-state index is 14.1. The van der Waals surface area contributed by atoms with E-state index < -0.39 is 29.7 Å². The molecule has 1 aromatic heterocycles. The zero-order valence-electron chi connectivity index (χ0n) is 21.2. The summed E-state index contributed by atoms with van der Waals surface area (Å²) in [5, 5.41) is 0.526. The molecule has 2 amide bonds. The normalized spacial score (nSPS) is 14.6.